The third kappa shape index (κ3) is 5.03. The molecule has 1 amide bonds. The van der Waals surface area contributed by atoms with E-state index in [2.05, 4.69) is 27.9 Å². The Kier molecular flexibility index (Phi) is 5.76. The number of aromatic carboxylic acids is 1. The summed E-state index contributed by atoms with van der Waals surface area (Å²) in [6.45, 7) is 0.266. The summed E-state index contributed by atoms with van der Waals surface area (Å²) in [6, 6.07) is 13.8. The molecule has 0 bridgehead atoms. The van der Waals surface area contributed by atoms with Gasteiger partial charge in [0.15, 0.2) is 6.61 Å². The topological polar surface area (TPSA) is 75.6 Å². The molecule has 5 nitrogen and oxygen atoms in total. The Balaban J connectivity index is 1.77. The Hall–Kier alpha value is -2.09. The molecule has 2 aromatic rings. The van der Waals surface area contributed by atoms with Gasteiger partial charge in [-0.25, -0.2) is 4.79 Å². The van der Waals surface area contributed by atoms with Crippen LogP contribution >= 0.6 is 22.6 Å². The monoisotopic (exact) mass is 411 g/mol. The van der Waals surface area contributed by atoms with Crippen LogP contribution in [0.25, 0.3) is 0 Å². The number of ether oxygens (including phenoxy) is 1. The number of carboxylic acid groups (broad SMARTS) is 1. The van der Waals surface area contributed by atoms with Gasteiger partial charge < -0.3 is 15.2 Å². The van der Waals surface area contributed by atoms with E-state index in [0.29, 0.717) is 12.3 Å². The van der Waals surface area contributed by atoms with Crippen LogP contribution in [0.5, 0.6) is 5.75 Å². The maximum absolute atomic E-state index is 11.7. The van der Waals surface area contributed by atoms with Gasteiger partial charge in [0.2, 0.25) is 0 Å². The highest BCUT2D eigenvalue weighted by Gasteiger charge is 2.05. The summed E-state index contributed by atoms with van der Waals surface area (Å²) in [6.07, 6.45) is 0. The van der Waals surface area contributed by atoms with Crippen LogP contribution in [0.3, 0.4) is 0 Å². The van der Waals surface area contributed by atoms with Gasteiger partial charge in [0.25, 0.3) is 5.91 Å². The Morgan fingerprint density at radius 1 is 1.05 bits per heavy atom. The van der Waals surface area contributed by atoms with Crippen molar-refractivity contribution in [1.29, 1.82) is 0 Å². The average Bonchev–Trinajstić information content (AvgIpc) is 2.52. The van der Waals surface area contributed by atoms with E-state index in [1.54, 1.807) is 24.3 Å². The first-order chi connectivity index (χ1) is 10.5. The first kappa shape index (κ1) is 16.3. The Morgan fingerprint density at radius 3 is 2.27 bits per heavy atom. The SMILES string of the molecule is O=C(COc1ccc(I)cc1)NCc1ccc(C(=O)O)cc1. The molecule has 22 heavy (non-hydrogen) atoms. The van der Waals surface area contributed by atoms with Gasteiger partial charge in [0.1, 0.15) is 5.75 Å². The molecule has 0 radical (unpaired) electrons. The maximum atomic E-state index is 11.7. The van der Waals surface area contributed by atoms with Crippen molar-refractivity contribution < 1.29 is 19.4 Å². The van der Waals surface area contributed by atoms with Gasteiger partial charge in [-0.3, -0.25) is 4.79 Å². The van der Waals surface area contributed by atoms with Crippen molar-refractivity contribution in [2.24, 2.45) is 0 Å². The van der Waals surface area contributed by atoms with Gasteiger partial charge in [0.05, 0.1) is 5.56 Å². The molecule has 114 valence electrons. The Morgan fingerprint density at radius 2 is 1.68 bits per heavy atom. The molecule has 6 heteroatoms. The van der Waals surface area contributed by atoms with Gasteiger partial charge >= 0.3 is 5.97 Å². The molecular weight excluding hydrogens is 397 g/mol. The van der Waals surface area contributed by atoms with Gasteiger partial charge in [-0.1, -0.05) is 12.1 Å². The maximum Gasteiger partial charge on any atom is 0.335 e. The number of hydrogen-bond donors (Lipinski definition) is 2. The second-order valence-corrected chi connectivity index (χ2v) is 5.77. The summed E-state index contributed by atoms with van der Waals surface area (Å²) < 4.78 is 6.47. The van der Waals surface area contributed by atoms with Crippen LogP contribution in [-0.2, 0) is 11.3 Å². The highest BCUT2D eigenvalue weighted by Crippen LogP contribution is 2.13. The molecule has 2 rings (SSSR count). The minimum Gasteiger partial charge on any atom is -0.484 e. The number of halogens is 1. The number of hydrogen-bond acceptors (Lipinski definition) is 3. The van der Waals surface area contributed by atoms with Crippen LogP contribution in [0, 0.1) is 3.57 Å². The average molecular weight is 411 g/mol. The number of carboxylic acids is 1. The predicted molar refractivity (Wildman–Crippen MR) is 89.9 cm³/mol. The largest absolute Gasteiger partial charge is 0.484 e. The first-order valence-corrected chi connectivity index (χ1v) is 7.60. The van der Waals surface area contributed by atoms with E-state index in [-0.39, 0.29) is 18.1 Å². The van der Waals surface area contributed by atoms with Gasteiger partial charge in [-0.05, 0) is 64.6 Å². The van der Waals surface area contributed by atoms with Crippen molar-refractivity contribution in [2.75, 3.05) is 6.61 Å². The minimum absolute atomic E-state index is 0.0617. The summed E-state index contributed by atoms with van der Waals surface area (Å²) in [7, 11) is 0. The van der Waals surface area contributed by atoms with Crippen molar-refractivity contribution in [3.8, 4) is 5.75 Å². The third-order valence-electron chi connectivity index (χ3n) is 2.87. The zero-order valence-corrected chi connectivity index (χ0v) is 13.7. The quantitative estimate of drug-likeness (QED) is 0.717. The second-order valence-electron chi connectivity index (χ2n) is 4.52. The molecule has 2 N–H and O–H groups in total. The molecule has 0 saturated heterocycles. The summed E-state index contributed by atoms with van der Waals surface area (Å²) in [5.41, 5.74) is 1.05. The van der Waals surface area contributed by atoms with E-state index in [9.17, 15) is 9.59 Å². The third-order valence-corrected chi connectivity index (χ3v) is 3.59. The molecule has 0 aliphatic heterocycles. The van der Waals surface area contributed by atoms with Crippen LogP contribution in [0.1, 0.15) is 15.9 Å². The smallest absolute Gasteiger partial charge is 0.335 e. The van der Waals surface area contributed by atoms with Crippen molar-refractivity contribution in [2.45, 2.75) is 6.54 Å². The number of carbonyl (C=O) groups excluding carboxylic acids is 1. The number of nitrogens with one attached hydrogen (secondary N) is 1. The molecule has 0 fully saturated rings. The fourth-order valence-corrected chi connectivity index (χ4v) is 2.06. The zero-order chi connectivity index (χ0) is 15.9. The van der Waals surface area contributed by atoms with Gasteiger partial charge in [-0.2, -0.15) is 0 Å². The fraction of sp³-hybridized carbons (Fsp3) is 0.125. The van der Waals surface area contributed by atoms with Gasteiger partial charge in [0, 0.05) is 10.1 Å². The first-order valence-electron chi connectivity index (χ1n) is 6.52. The molecule has 0 heterocycles. The molecule has 0 atom stereocenters. The van der Waals surface area contributed by atoms with E-state index in [0.717, 1.165) is 9.13 Å². The predicted octanol–water partition coefficient (Wildman–Crippen LogP) is 2.68. The number of rotatable bonds is 6. The highest BCUT2D eigenvalue weighted by molar-refractivity contribution is 14.1. The molecule has 0 aliphatic carbocycles. The molecule has 0 unspecified atom stereocenters. The van der Waals surface area contributed by atoms with Crippen molar-refractivity contribution in [3.63, 3.8) is 0 Å². The number of carbonyl (C=O) groups is 2. The van der Waals surface area contributed by atoms with Crippen molar-refractivity contribution in [3.05, 3.63) is 63.2 Å². The van der Waals surface area contributed by atoms with Crippen molar-refractivity contribution in [1.82, 2.24) is 5.32 Å². The van der Waals surface area contributed by atoms with Crippen LogP contribution in [0.2, 0.25) is 0 Å². The number of benzene rings is 2. The lowest BCUT2D eigenvalue weighted by Gasteiger charge is -2.08. The van der Waals surface area contributed by atoms with Crippen LogP contribution in [-0.4, -0.2) is 23.6 Å². The van der Waals surface area contributed by atoms with Crippen LogP contribution in [0.4, 0.5) is 0 Å². The lowest BCUT2D eigenvalue weighted by atomic mass is 10.1. The van der Waals surface area contributed by atoms with Gasteiger partial charge in [-0.15, -0.1) is 0 Å². The van der Waals surface area contributed by atoms with E-state index in [4.69, 9.17) is 9.84 Å². The second kappa shape index (κ2) is 7.79. The van der Waals surface area contributed by atoms with E-state index in [1.807, 2.05) is 12.1 Å². The molecule has 2 aromatic carbocycles. The van der Waals surface area contributed by atoms with Crippen molar-refractivity contribution >= 4 is 34.5 Å². The van der Waals surface area contributed by atoms with E-state index in [1.165, 1.54) is 12.1 Å². The standard InChI is InChI=1S/C16H14INO4/c17-13-5-7-14(8-6-13)22-10-15(19)18-9-11-1-3-12(4-2-11)16(20)21/h1-8H,9-10H2,(H,18,19)(H,20,21). The zero-order valence-electron chi connectivity index (χ0n) is 11.6. The lowest BCUT2D eigenvalue weighted by molar-refractivity contribution is -0.123. The Bertz CT molecular complexity index is 653. The summed E-state index contributed by atoms with van der Waals surface area (Å²) in [5, 5.41) is 11.5. The summed E-state index contributed by atoms with van der Waals surface area (Å²) in [5.74, 6) is -0.566. The Labute approximate surface area is 141 Å². The highest BCUT2D eigenvalue weighted by atomic mass is 127. The van der Waals surface area contributed by atoms with Crippen LogP contribution in [0.15, 0.2) is 48.5 Å². The van der Waals surface area contributed by atoms with Crippen LogP contribution < -0.4 is 10.1 Å². The summed E-state index contributed by atoms with van der Waals surface area (Å²) >= 11 is 2.19. The fourth-order valence-electron chi connectivity index (χ4n) is 1.70. The van der Waals surface area contributed by atoms with E-state index >= 15 is 0 Å². The molecule has 0 spiro atoms. The summed E-state index contributed by atoms with van der Waals surface area (Å²) in [4.78, 5) is 22.4. The lowest BCUT2D eigenvalue weighted by Crippen LogP contribution is -2.28. The molecule has 0 aliphatic rings. The molecule has 0 aromatic heterocycles. The minimum atomic E-state index is -0.971. The normalized spacial score (nSPS) is 10.0. The molecular formula is C16H14INO4. The van der Waals surface area contributed by atoms with E-state index < -0.39 is 5.97 Å². The number of amides is 1. The molecule has 0 saturated carbocycles.